The molecule has 1 unspecified atom stereocenters. The lowest BCUT2D eigenvalue weighted by Crippen LogP contribution is -2.39. The van der Waals surface area contributed by atoms with Crippen LogP contribution in [0, 0.1) is 13.8 Å². The van der Waals surface area contributed by atoms with Crippen molar-refractivity contribution >= 4 is 11.6 Å². The summed E-state index contributed by atoms with van der Waals surface area (Å²) in [5, 5.41) is 3.04. The normalized spacial score (nSPS) is 12.1. The largest absolute Gasteiger partial charge is 0.494 e. The van der Waals surface area contributed by atoms with Crippen LogP contribution >= 0.6 is 0 Å². The van der Waals surface area contributed by atoms with Crippen molar-refractivity contribution in [3.8, 4) is 5.75 Å². The van der Waals surface area contributed by atoms with Gasteiger partial charge in [-0.3, -0.25) is 9.69 Å². The van der Waals surface area contributed by atoms with Crippen LogP contribution in [-0.2, 0) is 11.3 Å². The fourth-order valence-corrected chi connectivity index (χ4v) is 2.59. The highest BCUT2D eigenvalue weighted by Crippen LogP contribution is 2.18. The topological polar surface area (TPSA) is 41.6 Å². The van der Waals surface area contributed by atoms with Gasteiger partial charge in [0.1, 0.15) is 5.75 Å². The summed E-state index contributed by atoms with van der Waals surface area (Å²) in [7, 11) is 1.96. The first kappa shape index (κ1) is 19.0. The van der Waals surface area contributed by atoms with Crippen LogP contribution < -0.4 is 10.1 Å². The minimum Gasteiger partial charge on any atom is -0.494 e. The van der Waals surface area contributed by atoms with Crippen LogP contribution in [0.2, 0.25) is 0 Å². The Morgan fingerprint density at radius 2 is 1.84 bits per heavy atom. The lowest BCUT2D eigenvalue weighted by Gasteiger charge is -2.24. The van der Waals surface area contributed by atoms with Crippen LogP contribution in [-0.4, -0.2) is 30.5 Å². The summed E-state index contributed by atoms with van der Waals surface area (Å²) in [6.07, 6.45) is 0. The first-order valence-electron chi connectivity index (χ1n) is 8.70. The molecule has 4 heteroatoms. The predicted molar refractivity (Wildman–Crippen MR) is 103 cm³/mol. The zero-order valence-electron chi connectivity index (χ0n) is 15.8. The third-order valence-electron chi connectivity index (χ3n) is 4.36. The smallest absolute Gasteiger partial charge is 0.241 e. The van der Waals surface area contributed by atoms with Crippen LogP contribution in [0.25, 0.3) is 0 Å². The van der Waals surface area contributed by atoms with Crippen LogP contribution in [0.4, 0.5) is 5.69 Å². The maximum absolute atomic E-state index is 12.6. The van der Waals surface area contributed by atoms with Crippen molar-refractivity contribution in [1.82, 2.24) is 4.90 Å². The van der Waals surface area contributed by atoms with Crippen LogP contribution in [0.3, 0.4) is 0 Å². The molecule has 1 amide bonds. The third-order valence-corrected chi connectivity index (χ3v) is 4.36. The van der Waals surface area contributed by atoms with Crippen molar-refractivity contribution < 1.29 is 9.53 Å². The molecule has 0 heterocycles. The van der Waals surface area contributed by atoms with Crippen molar-refractivity contribution in [1.29, 1.82) is 0 Å². The van der Waals surface area contributed by atoms with Crippen molar-refractivity contribution in [2.24, 2.45) is 0 Å². The van der Waals surface area contributed by atoms with Gasteiger partial charge in [-0.25, -0.2) is 0 Å². The molecule has 2 rings (SSSR count). The molecule has 0 saturated heterocycles. The maximum Gasteiger partial charge on any atom is 0.241 e. The third kappa shape index (κ3) is 5.33. The summed E-state index contributed by atoms with van der Waals surface area (Å²) < 4.78 is 5.46. The van der Waals surface area contributed by atoms with Gasteiger partial charge in [-0.2, -0.15) is 0 Å². The van der Waals surface area contributed by atoms with Gasteiger partial charge in [-0.05, 0) is 69.6 Å². The second-order valence-corrected chi connectivity index (χ2v) is 6.48. The molecule has 0 bridgehead atoms. The molecular weight excluding hydrogens is 312 g/mol. The van der Waals surface area contributed by atoms with Crippen molar-refractivity contribution in [3.63, 3.8) is 0 Å². The highest BCUT2D eigenvalue weighted by molar-refractivity contribution is 5.95. The van der Waals surface area contributed by atoms with E-state index >= 15 is 0 Å². The minimum absolute atomic E-state index is 0.00198. The van der Waals surface area contributed by atoms with E-state index in [0.29, 0.717) is 13.2 Å². The van der Waals surface area contributed by atoms with E-state index in [4.69, 9.17) is 4.74 Å². The molecule has 0 fully saturated rings. The average Bonchev–Trinajstić information content (AvgIpc) is 2.59. The molecule has 0 aliphatic carbocycles. The van der Waals surface area contributed by atoms with E-state index in [9.17, 15) is 4.79 Å². The quantitative estimate of drug-likeness (QED) is 0.823. The summed E-state index contributed by atoms with van der Waals surface area (Å²) in [5.74, 6) is 0.872. The number of rotatable bonds is 7. The van der Waals surface area contributed by atoms with Crippen LogP contribution in [0.15, 0.2) is 42.5 Å². The number of amides is 1. The van der Waals surface area contributed by atoms with Crippen molar-refractivity contribution in [2.45, 2.75) is 40.3 Å². The Bertz CT molecular complexity index is 710. The Balaban J connectivity index is 1.97. The Labute approximate surface area is 150 Å². The minimum atomic E-state index is -0.230. The molecule has 2 aromatic carbocycles. The van der Waals surface area contributed by atoms with Crippen LogP contribution in [0.1, 0.15) is 30.5 Å². The average molecular weight is 340 g/mol. The van der Waals surface area contributed by atoms with E-state index in [2.05, 4.69) is 5.32 Å². The number of carbonyl (C=O) groups is 1. The predicted octanol–water partition coefficient (Wildman–Crippen LogP) is 4.16. The number of nitrogens with one attached hydrogen (secondary N) is 1. The number of carbonyl (C=O) groups excluding carboxylic acids is 1. The molecule has 0 aliphatic rings. The molecule has 2 aromatic rings. The lowest BCUT2D eigenvalue weighted by atomic mass is 10.1. The van der Waals surface area contributed by atoms with Gasteiger partial charge < -0.3 is 10.1 Å². The first-order valence-corrected chi connectivity index (χ1v) is 8.70. The Hall–Kier alpha value is -2.33. The molecule has 25 heavy (non-hydrogen) atoms. The van der Waals surface area contributed by atoms with Crippen molar-refractivity contribution in [2.75, 3.05) is 19.0 Å². The van der Waals surface area contributed by atoms with Gasteiger partial charge in [0.15, 0.2) is 0 Å². The monoisotopic (exact) mass is 340 g/mol. The zero-order valence-corrected chi connectivity index (χ0v) is 15.8. The maximum atomic E-state index is 12.6. The van der Waals surface area contributed by atoms with E-state index in [1.165, 1.54) is 0 Å². The number of hydrogen-bond donors (Lipinski definition) is 1. The molecule has 4 nitrogen and oxygen atoms in total. The van der Waals surface area contributed by atoms with Gasteiger partial charge in [-0.15, -0.1) is 0 Å². The number of ether oxygens (including phenoxy) is 1. The highest BCUT2D eigenvalue weighted by Gasteiger charge is 2.19. The second-order valence-electron chi connectivity index (χ2n) is 6.48. The standard InChI is InChI=1S/C21H28N2O2/c1-6-25-19-11-9-18(10-12-19)14-23(5)17(4)21(24)22-20-13-15(2)7-8-16(20)3/h7-13,17H,6,14H2,1-5H3,(H,22,24). The van der Waals surface area contributed by atoms with E-state index in [0.717, 1.165) is 28.1 Å². The molecule has 1 N–H and O–H groups in total. The summed E-state index contributed by atoms with van der Waals surface area (Å²) in [6, 6.07) is 13.9. The van der Waals surface area contributed by atoms with Gasteiger partial charge in [0.2, 0.25) is 5.91 Å². The molecule has 0 saturated carbocycles. The lowest BCUT2D eigenvalue weighted by molar-refractivity contribution is -0.120. The SMILES string of the molecule is CCOc1ccc(CN(C)C(C)C(=O)Nc2cc(C)ccc2C)cc1. The molecule has 1 atom stereocenters. The summed E-state index contributed by atoms with van der Waals surface area (Å²) in [6.45, 7) is 9.29. The number of benzene rings is 2. The van der Waals surface area contributed by atoms with E-state index < -0.39 is 0 Å². The van der Waals surface area contributed by atoms with E-state index in [1.807, 2.05) is 82.1 Å². The summed E-state index contributed by atoms with van der Waals surface area (Å²) in [5.41, 5.74) is 4.24. The van der Waals surface area contributed by atoms with Gasteiger partial charge in [0.05, 0.1) is 12.6 Å². The van der Waals surface area contributed by atoms with E-state index in [1.54, 1.807) is 0 Å². The Morgan fingerprint density at radius 1 is 1.16 bits per heavy atom. The molecule has 0 spiro atoms. The molecule has 0 aliphatic heterocycles. The Morgan fingerprint density at radius 3 is 2.48 bits per heavy atom. The fourth-order valence-electron chi connectivity index (χ4n) is 2.59. The summed E-state index contributed by atoms with van der Waals surface area (Å²) in [4.78, 5) is 14.6. The molecule has 0 radical (unpaired) electrons. The van der Waals surface area contributed by atoms with Gasteiger partial charge in [0, 0.05) is 12.2 Å². The molecule has 0 aromatic heterocycles. The zero-order chi connectivity index (χ0) is 18.4. The van der Waals surface area contributed by atoms with Gasteiger partial charge >= 0.3 is 0 Å². The molecular formula is C21H28N2O2. The first-order chi connectivity index (χ1) is 11.9. The number of hydrogen-bond acceptors (Lipinski definition) is 3. The van der Waals surface area contributed by atoms with Gasteiger partial charge in [-0.1, -0.05) is 24.3 Å². The summed E-state index contributed by atoms with van der Waals surface area (Å²) >= 11 is 0. The number of aryl methyl sites for hydroxylation is 2. The molecule has 134 valence electrons. The Kier molecular flexibility index (Phi) is 6.59. The number of likely N-dealkylation sites (N-methyl/N-ethyl adjacent to an activating group) is 1. The number of nitrogens with zero attached hydrogens (tertiary/aromatic N) is 1. The number of anilines is 1. The van der Waals surface area contributed by atoms with Crippen LogP contribution in [0.5, 0.6) is 5.75 Å². The fraction of sp³-hybridized carbons (Fsp3) is 0.381. The highest BCUT2D eigenvalue weighted by atomic mass is 16.5. The van der Waals surface area contributed by atoms with Crippen molar-refractivity contribution in [3.05, 3.63) is 59.2 Å². The second kappa shape index (κ2) is 8.67. The van der Waals surface area contributed by atoms with Gasteiger partial charge in [0.25, 0.3) is 0 Å². The van der Waals surface area contributed by atoms with E-state index in [-0.39, 0.29) is 11.9 Å².